The zero-order valence-corrected chi connectivity index (χ0v) is 15.9. The van der Waals surface area contributed by atoms with Gasteiger partial charge in [0.15, 0.2) is 18.1 Å². The van der Waals surface area contributed by atoms with E-state index in [-0.39, 0.29) is 23.8 Å². The number of carbonyl (C=O) groups is 2. The Hall–Kier alpha value is -3.95. The van der Waals surface area contributed by atoms with Gasteiger partial charge in [0.05, 0.1) is 18.2 Å². The fraction of sp³-hybridized carbons (Fsp3) is 0.211. The maximum absolute atomic E-state index is 12.0. The van der Waals surface area contributed by atoms with E-state index in [1.165, 1.54) is 37.6 Å². The smallest absolute Gasteiger partial charge is 0.271 e. The monoisotopic (exact) mass is 400 g/mol. The number of benzene rings is 2. The number of likely N-dealkylation sites (N-methyl/N-ethyl adjacent to an activating group) is 1. The van der Waals surface area contributed by atoms with E-state index < -0.39 is 10.8 Å². The SMILES string of the molecule is CCNC(=O)COc1ccc(/C=N\NC(=O)c2ccc([N+](=O)[O-])cc2)cc1OC. The van der Waals surface area contributed by atoms with Crippen molar-refractivity contribution in [3.05, 3.63) is 63.7 Å². The number of methoxy groups -OCH3 is 1. The Bertz CT molecular complexity index is 911. The standard InChI is InChI=1S/C19H20N4O6/c1-3-20-18(24)12-29-16-9-4-13(10-17(16)28-2)11-21-22-19(25)14-5-7-15(8-6-14)23(26)27/h4-11H,3,12H2,1-2H3,(H,20,24)(H,22,25)/b21-11-. The molecule has 0 aliphatic carbocycles. The summed E-state index contributed by atoms with van der Waals surface area (Å²) in [6, 6.07) is 10.1. The Labute approximate surface area is 166 Å². The van der Waals surface area contributed by atoms with Crippen LogP contribution < -0.4 is 20.2 Å². The molecule has 0 aliphatic heterocycles. The van der Waals surface area contributed by atoms with Gasteiger partial charge >= 0.3 is 0 Å². The third-order valence-corrected chi connectivity index (χ3v) is 3.64. The van der Waals surface area contributed by atoms with Gasteiger partial charge in [0.25, 0.3) is 17.5 Å². The lowest BCUT2D eigenvalue weighted by Gasteiger charge is -2.11. The summed E-state index contributed by atoms with van der Waals surface area (Å²) < 4.78 is 10.7. The van der Waals surface area contributed by atoms with Crippen molar-refractivity contribution < 1.29 is 24.0 Å². The lowest BCUT2D eigenvalue weighted by atomic mass is 10.2. The first-order chi connectivity index (χ1) is 13.9. The molecule has 0 atom stereocenters. The summed E-state index contributed by atoms with van der Waals surface area (Å²) in [6.45, 7) is 2.19. The zero-order chi connectivity index (χ0) is 21.2. The summed E-state index contributed by atoms with van der Waals surface area (Å²) in [6.07, 6.45) is 1.40. The molecular weight excluding hydrogens is 380 g/mol. The van der Waals surface area contributed by atoms with Crippen LogP contribution in [0.4, 0.5) is 5.69 Å². The number of hydrogen-bond acceptors (Lipinski definition) is 7. The van der Waals surface area contributed by atoms with E-state index in [0.717, 1.165) is 0 Å². The average Bonchev–Trinajstić information content (AvgIpc) is 2.72. The van der Waals surface area contributed by atoms with Crippen molar-refractivity contribution in [1.82, 2.24) is 10.7 Å². The van der Waals surface area contributed by atoms with Gasteiger partial charge in [-0.25, -0.2) is 5.43 Å². The third kappa shape index (κ3) is 6.31. The second-order valence-corrected chi connectivity index (χ2v) is 5.66. The van der Waals surface area contributed by atoms with Gasteiger partial charge in [0, 0.05) is 24.2 Å². The largest absolute Gasteiger partial charge is 0.493 e. The van der Waals surface area contributed by atoms with Gasteiger partial charge in [-0.05, 0) is 42.8 Å². The second kappa shape index (κ2) is 10.4. The molecule has 0 bridgehead atoms. The molecule has 0 saturated heterocycles. The first kappa shape index (κ1) is 21.4. The van der Waals surface area contributed by atoms with E-state index in [9.17, 15) is 19.7 Å². The van der Waals surface area contributed by atoms with Crippen molar-refractivity contribution in [3.63, 3.8) is 0 Å². The first-order valence-corrected chi connectivity index (χ1v) is 8.60. The van der Waals surface area contributed by atoms with Crippen LogP contribution in [0.15, 0.2) is 47.6 Å². The van der Waals surface area contributed by atoms with Crippen molar-refractivity contribution in [2.24, 2.45) is 5.10 Å². The molecule has 29 heavy (non-hydrogen) atoms. The number of nitro groups is 1. The summed E-state index contributed by atoms with van der Waals surface area (Å²) in [5.74, 6) is 0.0462. The summed E-state index contributed by atoms with van der Waals surface area (Å²) in [7, 11) is 1.46. The molecule has 152 valence electrons. The van der Waals surface area contributed by atoms with Crippen LogP contribution in [0, 0.1) is 10.1 Å². The molecule has 0 spiro atoms. The molecule has 2 aromatic carbocycles. The minimum Gasteiger partial charge on any atom is -0.493 e. The molecule has 0 aliphatic rings. The topological polar surface area (TPSA) is 132 Å². The van der Waals surface area contributed by atoms with Crippen LogP contribution in [0.1, 0.15) is 22.8 Å². The second-order valence-electron chi connectivity index (χ2n) is 5.66. The maximum atomic E-state index is 12.0. The molecule has 2 amide bonds. The molecule has 0 aromatic heterocycles. The third-order valence-electron chi connectivity index (χ3n) is 3.64. The van der Waals surface area contributed by atoms with Crippen molar-refractivity contribution in [2.45, 2.75) is 6.92 Å². The molecule has 2 N–H and O–H groups in total. The lowest BCUT2D eigenvalue weighted by Crippen LogP contribution is -2.28. The van der Waals surface area contributed by atoms with Crippen LogP contribution in [0.3, 0.4) is 0 Å². The fourth-order valence-corrected chi connectivity index (χ4v) is 2.24. The number of nitrogens with zero attached hydrogens (tertiary/aromatic N) is 2. The van der Waals surface area contributed by atoms with Crippen LogP contribution in [-0.2, 0) is 4.79 Å². The first-order valence-electron chi connectivity index (χ1n) is 8.60. The molecule has 10 nitrogen and oxygen atoms in total. The Kier molecular flexibility index (Phi) is 7.66. The van der Waals surface area contributed by atoms with Crippen LogP contribution in [0.2, 0.25) is 0 Å². The Balaban J connectivity index is 1.98. The maximum Gasteiger partial charge on any atom is 0.271 e. The molecular formula is C19H20N4O6. The van der Waals surface area contributed by atoms with Gasteiger partial charge in [-0.1, -0.05) is 0 Å². The van der Waals surface area contributed by atoms with Gasteiger partial charge in [-0.15, -0.1) is 0 Å². The molecule has 0 heterocycles. The van der Waals surface area contributed by atoms with Crippen molar-refractivity contribution in [3.8, 4) is 11.5 Å². The number of ether oxygens (including phenoxy) is 2. The fourth-order valence-electron chi connectivity index (χ4n) is 2.24. The lowest BCUT2D eigenvalue weighted by molar-refractivity contribution is -0.384. The van der Waals surface area contributed by atoms with Gasteiger partial charge in [0.1, 0.15) is 0 Å². The van der Waals surface area contributed by atoms with E-state index in [0.29, 0.717) is 23.6 Å². The van der Waals surface area contributed by atoms with Gasteiger partial charge in [-0.3, -0.25) is 19.7 Å². The Morgan fingerprint density at radius 1 is 1.17 bits per heavy atom. The summed E-state index contributed by atoms with van der Waals surface area (Å²) in [5, 5.41) is 17.1. The number of non-ortho nitro benzene ring substituents is 1. The molecule has 0 unspecified atom stereocenters. The number of amides is 2. The van der Waals surface area contributed by atoms with Crippen LogP contribution in [0.5, 0.6) is 11.5 Å². The number of nitrogens with one attached hydrogen (secondary N) is 2. The van der Waals surface area contributed by atoms with Crippen molar-refractivity contribution >= 4 is 23.7 Å². The summed E-state index contributed by atoms with van der Waals surface area (Å²) >= 11 is 0. The molecule has 0 fully saturated rings. The minimum atomic E-state index is -0.545. The van der Waals surface area contributed by atoms with Crippen molar-refractivity contribution in [2.75, 3.05) is 20.3 Å². The minimum absolute atomic E-state index is 0.105. The predicted molar refractivity (Wildman–Crippen MR) is 105 cm³/mol. The highest BCUT2D eigenvalue weighted by atomic mass is 16.6. The van der Waals surface area contributed by atoms with E-state index in [1.807, 2.05) is 6.92 Å². The molecule has 0 saturated carbocycles. The number of nitro benzene ring substituents is 1. The highest BCUT2D eigenvalue weighted by molar-refractivity contribution is 5.95. The molecule has 2 rings (SSSR count). The number of hydrazone groups is 1. The van der Waals surface area contributed by atoms with E-state index >= 15 is 0 Å². The van der Waals surface area contributed by atoms with Gasteiger partial charge in [-0.2, -0.15) is 5.10 Å². The normalized spacial score (nSPS) is 10.4. The van der Waals surface area contributed by atoms with Gasteiger partial charge in [0.2, 0.25) is 0 Å². The highest BCUT2D eigenvalue weighted by Crippen LogP contribution is 2.27. The van der Waals surface area contributed by atoms with E-state index in [2.05, 4.69) is 15.8 Å². The van der Waals surface area contributed by atoms with Gasteiger partial charge < -0.3 is 14.8 Å². The number of carbonyl (C=O) groups excluding carboxylic acids is 2. The van der Waals surface area contributed by atoms with E-state index in [4.69, 9.17) is 9.47 Å². The predicted octanol–water partition coefficient (Wildman–Crippen LogP) is 1.88. The Morgan fingerprint density at radius 3 is 2.52 bits per heavy atom. The molecule has 2 aromatic rings. The summed E-state index contributed by atoms with van der Waals surface area (Å²) in [4.78, 5) is 33.6. The van der Waals surface area contributed by atoms with E-state index in [1.54, 1.807) is 18.2 Å². The molecule has 10 heteroatoms. The molecule has 0 radical (unpaired) electrons. The quantitative estimate of drug-likeness (QED) is 0.375. The summed E-state index contributed by atoms with van der Waals surface area (Å²) in [5.41, 5.74) is 3.09. The van der Waals surface area contributed by atoms with Crippen LogP contribution >= 0.6 is 0 Å². The Morgan fingerprint density at radius 2 is 1.90 bits per heavy atom. The zero-order valence-electron chi connectivity index (χ0n) is 15.9. The van der Waals surface area contributed by atoms with Crippen LogP contribution in [-0.4, -0.2) is 43.2 Å². The number of hydrogen-bond donors (Lipinski definition) is 2. The van der Waals surface area contributed by atoms with Crippen LogP contribution in [0.25, 0.3) is 0 Å². The average molecular weight is 400 g/mol. The highest BCUT2D eigenvalue weighted by Gasteiger charge is 2.09. The van der Waals surface area contributed by atoms with Crippen molar-refractivity contribution in [1.29, 1.82) is 0 Å². The number of rotatable bonds is 9.